The summed E-state index contributed by atoms with van der Waals surface area (Å²) in [7, 11) is 1.53. The molecule has 0 N–H and O–H groups in total. The minimum Gasteiger partial charge on any atom is -0.495 e. The fourth-order valence-corrected chi connectivity index (χ4v) is 4.51. The van der Waals surface area contributed by atoms with Crippen LogP contribution in [-0.4, -0.2) is 28.8 Å². The maximum atomic E-state index is 12.8. The van der Waals surface area contributed by atoms with E-state index in [2.05, 4.69) is 0 Å². The summed E-state index contributed by atoms with van der Waals surface area (Å²) in [5.74, 6) is 0.361. The Hall–Kier alpha value is -1.53. The number of hydrogen-bond acceptors (Lipinski definition) is 4. The van der Waals surface area contributed by atoms with Crippen LogP contribution in [0.1, 0.15) is 11.1 Å². The summed E-state index contributed by atoms with van der Waals surface area (Å²) in [6, 6.07) is 13.3. The summed E-state index contributed by atoms with van der Waals surface area (Å²) in [5.41, 5.74) is 1.81. The monoisotopic (exact) mass is 423 g/mol. The normalized spacial score (nSPS) is 15.8. The van der Waals surface area contributed by atoms with Crippen LogP contribution in [0.3, 0.4) is 0 Å². The van der Waals surface area contributed by atoms with Gasteiger partial charge in [-0.3, -0.25) is 9.69 Å². The minimum atomic E-state index is -0.117. The van der Waals surface area contributed by atoms with Gasteiger partial charge >= 0.3 is 0 Å². The van der Waals surface area contributed by atoms with Crippen LogP contribution in [0.2, 0.25) is 10.0 Å². The molecule has 1 amide bonds. The number of carbonyl (C=O) groups is 1. The van der Waals surface area contributed by atoms with Gasteiger partial charge in [0.2, 0.25) is 0 Å². The third kappa shape index (κ3) is 4.23. The van der Waals surface area contributed by atoms with Gasteiger partial charge in [-0.2, -0.15) is 0 Å². The van der Waals surface area contributed by atoms with Gasteiger partial charge in [-0.05, 0) is 30.2 Å². The number of thiocarbonyl (C=S) groups is 1. The Morgan fingerprint density at radius 1 is 1.23 bits per heavy atom. The standard InChI is InChI=1S/C19H15Cl2NO2S2/c1-24-17-13(9-14(20)11-15(17)21)10-16-18(23)22(19(25)26-16)8-7-12-5-3-2-4-6-12/h2-6,9-11H,7-8H2,1H3. The fourth-order valence-electron chi connectivity index (χ4n) is 2.62. The highest BCUT2D eigenvalue weighted by molar-refractivity contribution is 8.26. The molecule has 0 atom stereocenters. The Kier molecular flexibility index (Phi) is 6.24. The highest BCUT2D eigenvalue weighted by Crippen LogP contribution is 2.38. The lowest BCUT2D eigenvalue weighted by Gasteiger charge is -2.14. The molecule has 0 aromatic heterocycles. The van der Waals surface area contributed by atoms with Crippen molar-refractivity contribution in [1.82, 2.24) is 4.90 Å². The van der Waals surface area contributed by atoms with E-state index in [9.17, 15) is 4.79 Å². The highest BCUT2D eigenvalue weighted by Gasteiger charge is 2.32. The van der Waals surface area contributed by atoms with E-state index in [4.69, 9.17) is 40.2 Å². The van der Waals surface area contributed by atoms with Gasteiger partial charge in [0.1, 0.15) is 10.1 Å². The number of hydrogen-bond donors (Lipinski definition) is 0. The molecule has 1 aliphatic heterocycles. The number of carbonyl (C=O) groups excluding carboxylic acids is 1. The first kappa shape index (κ1) is 19.2. The second-order valence-corrected chi connectivity index (χ2v) is 8.10. The molecule has 7 heteroatoms. The number of methoxy groups -OCH3 is 1. The second-order valence-electron chi connectivity index (χ2n) is 5.58. The summed E-state index contributed by atoms with van der Waals surface area (Å²) in [6.45, 7) is 0.541. The van der Waals surface area contributed by atoms with Crippen LogP contribution < -0.4 is 4.74 Å². The van der Waals surface area contributed by atoms with Crippen molar-refractivity contribution < 1.29 is 9.53 Å². The Labute approximate surface area is 171 Å². The van der Waals surface area contributed by atoms with Gasteiger partial charge in [0.15, 0.2) is 0 Å². The number of rotatable bonds is 5. The summed E-state index contributed by atoms with van der Waals surface area (Å²) >= 11 is 18.9. The van der Waals surface area contributed by atoms with Crippen LogP contribution in [0.15, 0.2) is 47.4 Å². The van der Waals surface area contributed by atoms with E-state index in [0.29, 0.717) is 37.1 Å². The Morgan fingerprint density at radius 3 is 2.65 bits per heavy atom. The van der Waals surface area contributed by atoms with Crippen LogP contribution in [0.5, 0.6) is 5.75 Å². The number of halogens is 2. The first-order chi connectivity index (χ1) is 12.5. The molecule has 0 aliphatic carbocycles. The number of ether oxygens (including phenoxy) is 1. The predicted octanol–water partition coefficient (Wildman–Crippen LogP) is 5.45. The average molecular weight is 424 g/mol. The zero-order valence-corrected chi connectivity index (χ0v) is 17.0. The zero-order valence-electron chi connectivity index (χ0n) is 13.9. The third-order valence-electron chi connectivity index (χ3n) is 3.87. The Morgan fingerprint density at radius 2 is 1.96 bits per heavy atom. The zero-order chi connectivity index (χ0) is 18.7. The van der Waals surface area contributed by atoms with Gasteiger partial charge < -0.3 is 4.74 Å². The van der Waals surface area contributed by atoms with Crippen molar-refractivity contribution in [2.24, 2.45) is 0 Å². The molecule has 0 spiro atoms. The molecule has 2 aromatic rings. The molecule has 1 saturated heterocycles. The van der Waals surface area contributed by atoms with Crippen LogP contribution in [0.4, 0.5) is 0 Å². The summed E-state index contributed by atoms with van der Waals surface area (Å²) in [6.07, 6.45) is 2.46. The number of amides is 1. The van der Waals surface area contributed by atoms with Crippen LogP contribution >= 0.6 is 47.2 Å². The number of benzene rings is 2. The van der Waals surface area contributed by atoms with Crippen molar-refractivity contribution >= 4 is 63.5 Å². The molecule has 1 aliphatic rings. The summed E-state index contributed by atoms with van der Waals surface area (Å²) in [4.78, 5) is 14.9. The van der Waals surface area contributed by atoms with Crippen molar-refractivity contribution in [3.8, 4) is 5.75 Å². The second kappa shape index (κ2) is 8.44. The molecule has 0 saturated carbocycles. The van der Waals surface area contributed by atoms with E-state index in [1.807, 2.05) is 30.3 Å². The molecule has 2 aromatic carbocycles. The fraction of sp³-hybridized carbons (Fsp3) is 0.158. The largest absolute Gasteiger partial charge is 0.495 e. The average Bonchev–Trinajstić information content (AvgIpc) is 2.87. The quantitative estimate of drug-likeness (QED) is 0.472. The van der Waals surface area contributed by atoms with Crippen LogP contribution in [0, 0.1) is 0 Å². The van der Waals surface area contributed by atoms with Gasteiger partial charge in [0, 0.05) is 17.1 Å². The molecule has 3 rings (SSSR count). The molecular formula is C19H15Cl2NO2S2. The number of nitrogens with zero attached hydrogens (tertiary/aromatic N) is 1. The first-order valence-corrected chi connectivity index (χ1v) is 9.80. The molecule has 26 heavy (non-hydrogen) atoms. The highest BCUT2D eigenvalue weighted by atomic mass is 35.5. The lowest BCUT2D eigenvalue weighted by atomic mass is 10.1. The molecule has 3 nitrogen and oxygen atoms in total. The number of thioether (sulfide) groups is 1. The van der Waals surface area contributed by atoms with E-state index in [0.717, 1.165) is 12.0 Å². The van der Waals surface area contributed by atoms with Crippen molar-refractivity contribution in [2.45, 2.75) is 6.42 Å². The molecule has 134 valence electrons. The Balaban J connectivity index is 1.81. The SMILES string of the molecule is COc1c(Cl)cc(Cl)cc1C=C1SC(=S)N(CCc2ccccc2)C1=O. The van der Waals surface area contributed by atoms with Gasteiger partial charge in [-0.25, -0.2) is 0 Å². The molecule has 0 unspecified atom stereocenters. The molecule has 1 fully saturated rings. The summed E-state index contributed by atoms with van der Waals surface area (Å²) in [5, 5.41) is 0.868. The lowest BCUT2D eigenvalue weighted by molar-refractivity contribution is -0.122. The maximum Gasteiger partial charge on any atom is 0.266 e. The van der Waals surface area contributed by atoms with Crippen LogP contribution in [0.25, 0.3) is 6.08 Å². The van der Waals surface area contributed by atoms with Gasteiger partial charge in [0.25, 0.3) is 5.91 Å². The smallest absolute Gasteiger partial charge is 0.266 e. The molecule has 0 bridgehead atoms. The van der Waals surface area contributed by atoms with Gasteiger partial charge in [-0.15, -0.1) is 0 Å². The minimum absolute atomic E-state index is 0.117. The van der Waals surface area contributed by atoms with E-state index < -0.39 is 0 Å². The molecular weight excluding hydrogens is 409 g/mol. The topological polar surface area (TPSA) is 29.5 Å². The van der Waals surface area contributed by atoms with Gasteiger partial charge in [0.05, 0.1) is 17.0 Å². The summed E-state index contributed by atoms with van der Waals surface area (Å²) < 4.78 is 5.88. The maximum absolute atomic E-state index is 12.8. The van der Waals surface area contributed by atoms with E-state index in [1.54, 1.807) is 23.1 Å². The van der Waals surface area contributed by atoms with E-state index in [-0.39, 0.29) is 5.91 Å². The van der Waals surface area contributed by atoms with Crippen molar-refractivity contribution in [3.63, 3.8) is 0 Å². The predicted molar refractivity (Wildman–Crippen MR) is 113 cm³/mol. The van der Waals surface area contributed by atoms with Crippen molar-refractivity contribution in [1.29, 1.82) is 0 Å². The third-order valence-corrected chi connectivity index (χ3v) is 5.75. The van der Waals surface area contributed by atoms with E-state index >= 15 is 0 Å². The molecule has 1 heterocycles. The molecule has 0 radical (unpaired) electrons. The van der Waals surface area contributed by atoms with Crippen LogP contribution in [-0.2, 0) is 11.2 Å². The van der Waals surface area contributed by atoms with Crippen molar-refractivity contribution in [2.75, 3.05) is 13.7 Å². The lowest BCUT2D eigenvalue weighted by Crippen LogP contribution is -2.30. The Bertz CT molecular complexity index is 885. The van der Waals surface area contributed by atoms with Crippen molar-refractivity contribution in [3.05, 3.63) is 68.5 Å². The first-order valence-electron chi connectivity index (χ1n) is 7.82. The van der Waals surface area contributed by atoms with Gasteiger partial charge in [-0.1, -0.05) is 77.5 Å². The van der Waals surface area contributed by atoms with E-state index in [1.165, 1.54) is 18.9 Å².